The van der Waals surface area contributed by atoms with Crippen LogP contribution in [0.1, 0.15) is 5.56 Å². The van der Waals surface area contributed by atoms with Crippen LogP contribution in [0.3, 0.4) is 0 Å². The smallest absolute Gasteiger partial charge is 0.0964 e. The van der Waals surface area contributed by atoms with Gasteiger partial charge < -0.3 is 0 Å². The number of hydrogen-bond acceptors (Lipinski definition) is 2. The SMILES string of the molecule is Cc1cccc2ccc3cccc(-c4cccc5ccc6cc(-c7ccc(-c8ccc9cc(-c%10cnc%11c(ccc%12cccnc%12%11)c%10)ccc9c8)cc7)ccc6c45)c3c12. The fourth-order valence-corrected chi connectivity index (χ4v) is 9.44. The molecule has 10 aromatic carbocycles. The lowest BCUT2D eigenvalue weighted by Gasteiger charge is -2.16. The minimum absolute atomic E-state index is 0.938. The lowest BCUT2D eigenvalue weighted by Crippen LogP contribution is -1.89. The molecule has 2 heteroatoms. The highest BCUT2D eigenvalue weighted by atomic mass is 14.7. The van der Waals surface area contributed by atoms with Gasteiger partial charge in [0, 0.05) is 28.7 Å². The third kappa shape index (κ3) is 5.49. The highest BCUT2D eigenvalue weighted by molar-refractivity contribution is 6.21. The van der Waals surface area contributed by atoms with Crippen molar-refractivity contribution in [2.75, 3.05) is 0 Å². The number of fused-ring (bicyclic) bond motifs is 10. The van der Waals surface area contributed by atoms with Gasteiger partial charge in [-0.05, 0) is 136 Å². The van der Waals surface area contributed by atoms with Gasteiger partial charge in [0.25, 0.3) is 0 Å². The van der Waals surface area contributed by atoms with Gasteiger partial charge in [-0.1, -0.05) is 158 Å². The maximum absolute atomic E-state index is 4.85. The topological polar surface area (TPSA) is 25.8 Å². The second kappa shape index (κ2) is 13.2. The first-order valence-corrected chi connectivity index (χ1v) is 20.3. The van der Waals surface area contributed by atoms with Crippen molar-refractivity contribution in [3.05, 3.63) is 206 Å². The van der Waals surface area contributed by atoms with E-state index in [4.69, 9.17) is 4.98 Å². The highest BCUT2D eigenvalue weighted by Gasteiger charge is 2.15. The molecule has 0 aliphatic heterocycles. The molecule has 274 valence electrons. The fourth-order valence-electron chi connectivity index (χ4n) is 9.44. The molecule has 2 nitrogen and oxygen atoms in total. The van der Waals surface area contributed by atoms with Crippen molar-refractivity contribution in [2.45, 2.75) is 6.92 Å². The molecular formula is C57H36N2. The Balaban J connectivity index is 0.869. The van der Waals surface area contributed by atoms with Gasteiger partial charge in [-0.2, -0.15) is 0 Å². The monoisotopic (exact) mass is 748 g/mol. The third-order valence-corrected chi connectivity index (χ3v) is 12.4. The van der Waals surface area contributed by atoms with E-state index in [1.165, 1.54) is 92.8 Å². The van der Waals surface area contributed by atoms with Crippen molar-refractivity contribution in [3.8, 4) is 44.5 Å². The summed E-state index contributed by atoms with van der Waals surface area (Å²) in [5, 5.41) is 14.9. The molecule has 0 saturated heterocycles. The molecule has 0 spiro atoms. The van der Waals surface area contributed by atoms with Crippen molar-refractivity contribution in [2.24, 2.45) is 0 Å². The number of benzene rings is 10. The van der Waals surface area contributed by atoms with Gasteiger partial charge >= 0.3 is 0 Å². The summed E-state index contributed by atoms with van der Waals surface area (Å²) in [6, 6.07) is 69.1. The molecule has 2 aromatic heterocycles. The molecular weight excluding hydrogens is 713 g/mol. The average Bonchev–Trinajstić information content (AvgIpc) is 3.30. The fraction of sp³-hybridized carbons (Fsp3) is 0.0175. The van der Waals surface area contributed by atoms with E-state index in [9.17, 15) is 0 Å². The van der Waals surface area contributed by atoms with E-state index in [1.807, 2.05) is 18.5 Å². The first kappa shape index (κ1) is 33.5. The first-order valence-electron chi connectivity index (χ1n) is 20.3. The number of nitrogens with zero attached hydrogens (tertiary/aromatic N) is 2. The summed E-state index contributed by atoms with van der Waals surface area (Å²) in [6.45, 7) is 2.23. The predicted octanol–water partition coefficient (Wildman–Crippen LogP) is 15.5. The summed E-state index contributed by atoms with van der Waals surface area (Å²) >= 11 is 0. The largest absolute Gasteiger partial charge is 0.254 e. The summed E-state index contributed by atoms with van der Waals surface area (Å²) in [6.07, 6.45) is 3.80. The van der Waals surface area contributed by atoms with Crippen molar-refractivity contribution in [1.29, 1.82) is 0 Å². The summed E-state index contributed by atoms with van der Waals surface area (Å²) in [4.78, 5) is 9.44. The Labute approximate surface area is 341 Å². The number of aromatic nitrogens is 2. The molecule has 0 saturated carbocycles. The molecule has 0 aliphatic rings. The summed E-state index contributed by atoms with van der Waals surface area (Å²) in [5.41, 5.74) is 12.8. The van der Waals surface area contributed by atoms with Crippen LogP contribution in [0.25, 0.3) is 120 Å². The molecule has 0 bridgehead atoms. The van der Waals surface area contributed by atoms with Crippen LogP contribution in [0.5, 0.6) is 0 Å². The lowest BCUT2D eigenvalue weighted by molar-refractivity contribution is 1.37. The van der Waals surface area contributed by atoms with Gasteiger partial charge in [-0.25, -0.2) is 0 Å². The minimum Gasteiger partial charge on any atom is -0.254 e. The number of aryl methyl sites for hydroxylation is 1. The quantitative estimate of drug-likeness (QED) is 0.168. The molecule has 0 radical (unpaired) electrons. The third-order valence-electron chi connectivity index (χ3n) is 12.4. The van der Waals surface area contributed by atoms with Crippen LogP contribution in [0, 0.1) is 6.92 Å². The van der Waals surface area contributed by atoms with E-state index in [1.54, 1.807) is 0 Å². The van der Waals surface area contributed by atoms with Crippen LogP contribution < -0.4 is 0 Å². The summed E-state index contributed by atoms with van der Waals surface area (Å²) in [7, 11) is 0. The molecule has 0 N–H and O–H groups in total. The summed E-state index contributed by atoms with van der Waals surface area (Å²) in [5.74, 6) is 0. The van der Waals surface area contributed by atoms with Gasteiger partial charge in [0.1, 0.15) is 0 Å². The summed E-state index contributed by atoms with van der Waals surface area (Å²) < 4.78 is 0. The van der Waals surface area contributed by atoms with Gasteiger partial charge in [-0.3, -0.25) is 9.97 Å². The molecule has 0 amide bonds. The van der Waals surface area contributed by atoms with Crippen LogP contribution >= 0.6 is 0 Å². The van der Waals surface area contributed by atoms with Crippen LogP contribution in [0.2, 0.25) is 0 Å². The van der Waals surface area contributed by atoms with Crippen molar-refractivity contribution in [1.82, 2.24) is 9.97 Å². The molecule has 2 heterocycles. The van der Waals surface area contributed by atoms with Crippen LogP contribution in [0.4, 0.5) is 0 Å². The molecule has 0 aliphatic carbocycles. The van der Waals surface area contributed by atoms with E-state index < -0.39 is 0 Å². The zero-order chi connectivity index (χ0) is 39.0. The Hall–Kier alpha value is -7.68. The molecule has 0 atom stereocenters. The average molecular weight is 749 g/mol. The number of hydrogen-bond donors (Lipinski definition) is 0. The van der Waals surface area contributed by atoms with Crippen molar-refractivity contribution < 1.29 is 0 Å². The zero-order valence-corrected chi connectivity index (χ0v) is 32.4. The van der Waals surface area contributed by atoms with Gasteiger partial charge in [0.05, 0.1) is 11.0 Å². The molecule has 59 heavy (non-hydrogen) atoms. The second-order valence-corrected chi connectivity index (χ2v) is 15.8. The molecule has 12 rings (SSSR count). The minimum atomic E-state index is 0.938. The maximum atomic E-state index is 4.85. The highest BCUT2D eigenvalue weighted by Crippen LogP contribution is 2.42. The van der Waals surface area contributed by atoms with Crippen molar-refractivity contribution in [3.63, 3.8) is 0 Å². The Kier molecular flexibility index (Phi) is 7.48. The first-order chi connectivity index (χ1) is 29.1. The van der Waals surface area contributed by atoms with Crippen LogP contribution in [-0.2, 0) is 0 Å². The number of rotatable bonds is 4. The lowest BCUT2D eigenvalue weighted by atomic mass is 9.88. The Morgan fingerprint density at radius 2 is 0.780 bits per heavy atom. The van der Waals surface area contributed by atoms with E-state index in [0.717, 1.165) is 32.9 Å². The van der Waals surface area contributed by atoms with Gasteiger partial charge in [-0.15, -0.1) is 0 Å². The molecule has 12 aromatic rings. The van der Waals surface area contributed by atoms with Crippen LogP contribution in [-0.4, -0.2) is 9.97 Å². The molecule has 0 unspecified atom stereocenters. The van der Waals surface area contributed by atoms with Gasteiger partial charge in [0.15, 0.2) is 0 Å². The number of pyridine rings is 2. The van der Waals surface area contributed by atoms with E-state index >= 15 is 0 Å². The Morgan fingerprint density at radius 3 is 1.51 bits per heavy atom. The zero-order valence-electron chi connectivity index (χ0n) is 32.4. The normalized spacial score (nSPS) is 11.8. The van der Waals surface area contributed by atoms with E-state index in [0.29, 0.717) is 0 Å². The maximum Gasteiger partial charge on any atom is 0.0964 e. The van der Waals surface area contributed by atoms with E-state index in [2.05, 4.69) is 194 Å². The van der Waals surface area contributed by atoms with Crippen molar-refractivity contribution >= 4 is 75.7 Å². The predicted molar refractivity (Wildman–Crippen MR) is 251 cm³/mol. The second-order valence-electron chi connectivity index (χ2n) is 15.8. The molecule has 0 fully saturated rings. The van der Waals surface area contributed by atoms with E-state index in [-0.39, 0.29) is 0 Å². The standard InChI is InChI=1S/C57H36N2/c1-35-6-2-7-38-17-18-40-9-4-12-52(55(40)53(35)38)51-11-3-8-39-19-25-47-32-43(27-28-50(47)54(39)51)37-15-13-36(14-16-37)42-21-22-45-31-46(24-23-44(45)30-42)49-33-48-26-20-41-10-5-29-58-56(41)57(48)59-34-49/h2-34H,1H3. The Morgan fingerprint density at radius 1 is 0.305 bits per heavy atom. The van der Waals surface area contributed by atoms with Crippen LogP contribution in [0.15, 0.2) is 200 Å². The Bertz CT molecular complexity index is 3670. The van der Waals surface area contributed by atoms with Gasteiger partial charge in [0.2, 0.25) is 0 Å².